The normalized spacial score (nSPS) is 16.5. The molecule has 2 aromatic carbocycles. The number of carbonyl (C=O) groups is 5. The van der Waals surface area contributed by atoms with Crippen LogP contribution in [0.2, 0.25) is 0 Å². The van der Waals surface area contributed by atoms with E-state index in [0.29, 0.717) is 12.3 Å². The number of carboxylic acids is 3. The van der Waals surface area contributed by atoms with Crippen LogP contribution in [0.1, 0.15) is 50.2 Å². The highest BCUT2D eigenvalue weighted by molar-refractivity contribution is 7.52. The zero-order valence-corrected chi connectivity index (χ0v) is 32.9. The fourth-order valence-corrected chi connectivity index (χ4v) is 7.37. The number of benzene rings is 2. The van der Waals surface area contributed by atoms with Gasteiger partial charge in [0, 0.05) is 13.1 Å². The molecule has 0 spiro atoms. The summed E-state index contributed by atoms with van der Waals surface area (Å²) in [4.78, 5) is 93.9. The maximum atomic E-state index is 12.4. The fraction of sp³-hybridized carbons (Fsp3) is 0.541. The van der Waals surface area contributed by atoms with Gasteiger partial charge in [0.15, 0.2) is 0 Å². The number of nitrogens with one attached hydrogen (secondary N) is 2. The number of rotatable bonds is 21. The molecular formula is C37H54N2O15P2. The Morgan fingerprint density at radius 1 is 0.643 bits per heavy atom. The maximum Gasteiger partial charge on any atom is 0.326 e. The highest BCUT2D eigenvalue weighted by Crippen LogP contribution is 2.40. The van der Waals surface area contributed by atoms with Gasteiger partial charge in [-0.15, -0.1) is 0 Å². The van der Waals surface area contributed by atoms with E-state index in [0.717, 1.165) is 36.8 Å². The second kappa shape index (κ2) is 23.3. The second-order valence-corrected chi connectivity index (χ2v) is 17.8. The molecule has 0 saturated heterocycles. The summed E-state index contributed by atoms with van der Waals surface area (Å²) in [6.45, 7) is 1.14. The van der Waals surface area contributed by atoms with E-state index in [1.54, 1.807) is 48.5 Å². The average molecular weight is 829 g/mol. The van der Waals surface area contributed by atoms with Crippen LogP contribution in [0.5, 0.6) is 0 Å². The summed E-state index contributed by atoms with van der Waals surface area (Å²) >= 11 is 0. The van der Waals surface area contributed by atoms with Crippen molar-refractivity contribution < 1.29 is 73.1 Å². The number of hydrogen-bond donors (Lipinski definition) is 10. The van der Waals surface area contributed by atoms with E-state index in [2.05, 4.69) is 10.6 Å². The van der Waals surface area contributed by atoms with Crippen LogP contribution in [-0.2, 0) is 45.9 Å². The first-order valence-electron chi connectivity index (χ1n) is 18.2. The SMILES string of the molecule is CC(CO)C(=O)O.O=C(NCC(C(=O)O)C1CC1)C(Cc1ccccc1)CP(=O)(O)O.O=C(O)C(CNC(=O)C(Cc1ccccc1)CP(=O)(O)O)CC1CC1. The van der Waals surface area contributed by atoms with Gasteiger partial charge in [-0.3, -0.25) is 33.1 Å². The lowest BCUT2D eigenvalue weighted by atomic mass is 9.99. The van der Waals surface area contributed by atoms with E-state index in [4.69, 9.17) is 10.2 Å². The second-order valence-electron chi connectivity index (χ2n) is 14.4. The van der Waals surface area contributed by atoms with Crippen molar-refractivity contribution in [3.63, 3.8) is 0 Å². The molecule has 5 unspecified atom stereocenters. The minimum atomic E-state index is -4.37. The Morgan fingerprint density at radius 2 is 1.07 bits per heavy atom. The summed E-state index contributed by atoms with van der Waals surface area (Å²) in [5, 5.41) is 39.7. The smallest absolute Gasteiger partial charge is 0.326 e. The zero-order valence-electron chi connectivity index (χ0n) is 31.1. The maximum absolute atomic E-state index is 12.4. The first kappa shape index (κ1) is 48.2. The van der Waals surface area contributed by atoms with Gasteiger partial charge in [-0.05, 0) is 62.0 Å². The Kier molecular flexibility index (Phi) is 20.1. The van der Waals surface area contributed by atoms with Crippen LogP contribution in [-0.4, -0.2) is 102 Å². The Balaban J connectivity index is 0.000000331. The van der Waals surface area contributed by atoms with Crippen LogP contribution in [0.15, 0.2) is 60.7 Å². The predicted molar refractivity (Wildman–Crippen MR) is 203 cm³/mol. The van der Waals surface area contributed by atoms with Crippen LogP contribution in [0.25, 0.3) is 0 Å². The minimum absolute atomic E-state index is 0.00865. The zero-order chi connectivity index (χ0) is 42.1. The van der Waals surface area contributed by atoms with E-state index in [1.165, 1.54) is 6.92 Å². The quantitative estimate of drug-likeness (QED) is 0.0809. The number of hydrogen-bond acceptors (Lipinski definition) is 8. The molecule has 19 heteroatoms. The highest BCUT2D eigenvalue weighted by Gasteiger charge is 2.37. The molecular weight excluding hydrogens is 774 g/mol. The molecule has 0 radical (unpaired) electrons. The molecule has 2 aliphatic carbocycles. The van der Waals surface area contributed by atoms with E-state index >= 15 is 0 Å². The summed E-state index contributed by atoms with van der Waals surface area (Å²) in [6, 6.07) is 17.9. The number of amides is 2. The van der Waals surface area contributed by atoms with Crippen LogP contribution in [0, 0.1) is 41.4 Å². The van der Waals surface area contributed by atoms with E-state index < -0.39 is 86.8 Å². The van der Waals surface area contributed by atoms with E-state index in [-0.39, 0.29) is 38.5 Å². The molecule has 2 aromatic rings. The molecule has 312 valence electrons. The molecule has 0 heterocycles. The van der Waals surface area contributed by atoms with Gasteiger partial charge in [-0.1, -0.05) is 73.5 Å². The van der Waals surface area contributed by atoms with Crippen molar-refractivity contribution in [2.45, 2.75) is 51.9 Å². The Bertz CT molecular complexity index is 1660. The van der Waals surface area contributed by atoms with Crippen LogP contribution >= 0.6 is 15.2 Å². The van der Waals surface area contributed by atoms with Gasteiger partial charge >= 0.3 is 33.1 Å². The number of aliphatic carboxylic acids is 3. The largest absolute Gasteiger partial charge is 0.481 e. The summed E-state index contributed by atoms with van der Waals surface area (Å²) in [5.41, 5.74) is 1.59. The molecule has 5 atom stereocenters. The van der Waals surface area contributed by atoms with Crippen molar-refractivity contribution in [1.29, 1.82) is 0 Å². The first-order chi connectivity index (χ1) is 26.2. The lowest BCUT2D eigenvalue weighted by molar-refractivity contribution is -0.143. The average Bonchev–Trinajstić information content (AvgIpc) is 4.06. The van der Waals surface area contributed by atoms with Gasteiger partial charge in [0.05, 0.1) is 48.5 Å². The van der Waals surface area contributed by atoms with Gasteiger partial charge in [-0.2, -0.15) is 0 Å². The molecule has 2 fully saturated rings. The number of aliphatic hydroxyl groups excluding tert-OH is 1. The summed E-state index contributed by atoms with van der Waals surface area (Å²) < 4.78 is 22.7. The van der Waals surface area contributed by atoms with Gasteiger partial charge in [0.1, 0.15) is 0 Å². The molecule has 2 aliphatic rings. The third kappa shape index (κ3) is 20.8. The van der Waals surface area contributed by atoms with Gasteiger partial charge in [0.25, 0.3) is 0 Å². The van der Waals surface area contributed by atoms with Crippen molar-refractivity contribution in [1.82, 2.24) is 10.6 Å². The third-order valence-corrected chi connectivity index (χ3v) is 11.0. The van der Waals surface area contributed by atoms with Crippen LogP contribution < -0.4 is 10.6 Å². The third-order valence-electron chi connectivity index (χ3n) is 9.19. The van der Waals surface area contributed by atoms with Gasteiger partial charge < -0.3 is 50.6 Å². The minimum Gasteiger partial charge on any atom is -0.481 e. The Labute approximate surface area is 325 Å². The number of aliphatic hydroxyl groups is 1. The molecule has 2 saturated carbocycles. The topological polar surface area (TPSA) is 305 Å². The number of carboxylic acid groups (broad SMARTS) is 3. The summed E-state index contributed by atoms with van der Waals surface area (Å²) in [7, 11) is -8.73. The summed E-state index contributed by atoms with van der Waals surface area (Å²) in [5.74, 6) is -7.14. The van der Waals surface area contributed by atoms with Crippen molar-refractivity contribution >= 4 is 44.9 Å². The van der Waals surface area contributed by atoms with Crippen molar-refractivity contribution in [2.24, 2.45) is 41.4 Å². The predicted octanol–water partition coefficient (Wildman–Crippen LogP) is 2.59. The molecule has 0 bridgehead atoms. The lowest BCUT2D eigenvalue weighted by Crippen LogP contribution is -2.39. The fourth-order valence-electron chi connectivity index (χ4n) is 5.63. The highest BCUT2D eigenvalue weighted by atomic mass is 31.2. The van der Waals surface area contributed by atoms with Crippen molar-refractivity contribution in [3.8, 4) is 0 Å². The Hall–Kier alpha value is -3.95. The van der Waals surface area contributed by atoms with Crippen molar-refractivity contribution in [2.75, 3.05) is 32.0 Å². The van der Waals surface area contributed by atoms with Gasteiger partial charge in [0.2, 0.25) is 11.8 Å². The standard InChI is InChI=1S/C17H24NO6P.C16H22NO6P.C4H8O3/c19-16(18-10-14(17(20)21)8-13-6-7-13)15(11-25(22,23)24)9-12-4-2-1-3-5-12;18-15(17-9-14(16(19)20)12-6-7-12)13(10-24(21,22)23)8-11-4-2-1-3-5-11;1-3(2-5)4(6)7/h1-5,13-15H,6-11H2,(H,18,19)(H,20,21)(H2,22,23,24);1-5,12-14H,6-10H2,(H,17,18)(H,19,20)(H2,21,22,23);3,5H,2H2,1H3,(H,6,7). The number of carbonyl (C=O) groups excluding carboxylic acids is 2. The lowest BCUT2D eigenvalue weighted by Gasteiger charge is -2.19. The Morgan fingerprint density at radius 3 is 1.38 bits per heavy atom. The van der Waals surface area contributed by atoms with Gasteiger partial charge in [-0.25, -0.2) is 0 Å². The monoisotopic (exact) mass is 828 g/mol. The van der Waals surface area contributed by atoms with Crippen LogP contribution in [0.4, 0.5) is 0 Å². The first-order valence-corrected chi connectivity index (χ1v) is 21.8. The molecule has 56 heavy (non-hydrogen) atoms. The molecule has 0 aromatic heterocycles. The van der Waals surface area contributed by atoms with Crippen LogP contribution in [0.3, 0.4) is 0 Å². The van der Waals surface area contributed by atoms with E-state index in [1.807, 2.05) is 12.1 Å². The summed E-state index contributed by atoms with van der Waals surface area (Å²) in [6.07, 6.45) is 3.50. The molecule has 0 aliphatic heterocycles. The van der Waals surface area contributed by atoms with E-state index in [9.17, 15) is 62.9 Å². The van der Waals surface area contributed by atoms with Crippen molar-refractivity contribution in [3.05, 3.63) is 71.8 Å². The molecule has 10 N–H and O–H groups in total. The molecule has 4 rings (SSSR count). The molecule has 17 nitrogen and oxygen atoms in total. The molecule has 2 amide bonds.